The predicted octanol–water partition coefficient (Wildman–Crippen LogP) is 2.11. The Morgan fingerprint density at radius 3 is 2.47 bits per heavy atom. The molecule has 1 aliphatic heterocycles. The van der Waals surface area contributed by atoms with Gasteiger partial charge in [-0.05, 0) is 18.2 Å². The van der Waals surface area contributed by atoms with Gasteiger partial charge >= 0.3 is 0 Å². The van der Waals surface area contributed by atoms with E-state index in [4.69, 9.17) is 0 Å². The van der Waals surface area contributed by atoms with E-state index in [0.29, 0.717) is 5.56 Å². The molecule has 0 saturated heterocycles. The van der Waals surface area contributed by atoms with E-state index in [1.54, 1.807) is 24.3 Å². The summed E-state index contributed by atoms with van der Waals surface area (Å²) in [5.74, 6) is -0.456. The number of nitrogens with one attached hydrogen (secondary N) is 2. The molecule has 19 heavy (non-hydrogen) atoms. The van der Waals surface area contributed by atoms with Crippen LogP contribution in [0.3, 0.4) is 0 Å². The summed E-state index contributed by atoms with van der Waals surface area (Å²) in [6, 6.07) is 15.6. The highest BCUT2D eigenvalue weighted by Gasteiger charge is 2.31. The van der Waals surface area contributed by atoms with Gasteiger partial charge in [0, 0.05) is 16.8 Å². The first-order chi connectivity index (χ1) is 9.25. The molecule has 0 bridgehead atoms. The number of amides is 2. The molecule has 4 nitrogen and oxygen atoms in total. The first kappa shape index (κ1) is 11.5. The zero-order chi connectivity index (χ0) is 13.2. The molecule has 1 unspecified atom stereocenters. The number of hydrogen-bond acceptors (Lipinski definition) is 2. The van der Waals surface area contributed by atoms with Gasteiger partial charge in [0.15, 0.2) is 0 Å². The zero-order valence-electron chi connectivity index (χ0n) is 10.1. The van der Waals surface area contributed by atoms with E-state index in [2.05, 4.69) is 10.6 Å². The lowest BCUT2D eigenvalue weighted by molar-refractivity contribution is -0.117. The number of rotatable bonds is 2. The Bertz CT molecular complexity index is 638. The van der Waals surface area contributed by atoms with Crippen LogP contribution >= 0.6 is 0 Å². The molecular formula is C15H12N2O2. The van der Waals surface area contributed by atoms with Crippen LogP contribution in [-0.4, -0.2) is 11.8 Å². The Morgan fingerprint density at radius 1 is 1.00 bits per heavy atom. The van der Waals surface area contributed by atoms with Crippen LogP contribution in [0, 0.1) is 0 Å². The number of benzene rings is 2. The van der Waals surface area contributed by atoms with Gasteiger partial charge in [0.1, 0.15) is 6.04 Å². The van der Waals surface area contributed by atoms with Crippen LogP contribution < -0.4 is 10.6 Å². The fourth-order valence-corrected chi connectivity index (χ4v) is 2.16. The van der Waals surface area contributed by atoms with E-state index >= 15 is 0 Å². The first-order valence-corrected chi connectivity index (χ1v) is 6.01. The fraction of sp³-hybridized carbons (Fsp3) is 0.0667. The van der Waals surface area contributed by atoms with Crippen LogP contribution in [0.1, 0.15) is 22.0 Å². The smallest absolute Gasteiger partial charge is 0.252 e. The van der Waals surface area contributed by atoms with Crippen LogP contribution in [0.5, 0.6) is 0 Å². The van der Waals surface area contributed by atoms with Gasteiger partial charge in [0.2, 0.25) is 0 Å². The predicted molar refractivity (Wildman–Crippen MR) is 71.7 cm³/mol. The number of fused-ring (bicyclic) bond motifs is 1. The number of hydrogen-bond donors (Lipinski definition) is 2. The highest BCUT2D eigenvalue weighted by Crippen LogP contribution is 2.30. The number of carbonyl (C=O) groups excluding carboxylic acids is 2. The molecule has 0 fully saturated rings. The molecule has 0 radical (unpaired) electrons. The molecule has 0 aromatic heterocycles. The second kappa shape index (κ2) is 4.57. The fourth-order valence-electron chi connectivity index (χ4n) is 2.16. The van der Waals surface area contributed by atoms with E-state index < -0.39 is 6.04 Å². The molecule has 2 aromatic rings. The highest BCUT2D eigenvalue weighted by atomic mass is 16.2. The Morgan fingerprint density at radius 2 is 1.68 bits per heavy atom. The number of carbonyl (C=O) groups is 2. The third-order valence-corrected chi connectivity index (χ3v) is 3.10. The summed E-state index contributed by atoms with van der Waals surface area (Å²) >= 11 is 0. The summed E-state index contributed by atoms with van der Waals surface area (Å²) in [4.78, 5) is 23.9. The van der Waals surface area contributed by atoms with Gasteiger partial charge in [-0.3, -0.25) is 9.59 Å². The van der Waals surface area contributed by atoms with Crippen molar-refractivity contribution in [3.63, 3.8) is 0 Å². The minimum atomic E-state index is -0.621. The van der Waals surface area contributed by atoms with Gasteiger partial charge in [-0.25, -0.2) is 0 Å². The quantitative estimate of drug-likeness (QED) is 0.860. The van der Waals surface area contributed by atoms with Crippen LogP contribution in [-0.2, 0) is 4.79 Å². The van der Waals surface area contributed by atoms with Crippen molar-refractivity contribution in [3.05, 3.63) is 65.7 Å². The van der Waals surface area contributed by atoms with E-state index in [0.717, 1.165) is 11.3 Å². The van der Waals surface area contributed by atoms with Gasteiger partial charge in [0.05, 0.1) is 0 Å². The normalized spacial score (nSPS) is 16.6. The number of para-hydroxylation sites is 1. The topological polar surface area (TPSA) is 58.2 Å². The van der Waals surface area contributed by atoms with Gasteiger partial charge in [-0.2, -0.15) is 0 Å². The molecular weight excluding hydrogens is 240 g/mol. The van der Waals surface area contributed by atoms with Crippen molar-refractivity contribution in [2.24, 2.45) is 0 Å². The Hall–Kier alpha value is -2.62. The Balaban J connectivity index is 1.85. The number of anilines is 1. The van der Waals surface area contributed by atoms with Crippen LogP contribution in [0.4, 0.5) is 5.69 Å². The van der Waals surface area contributed by atoms with E-state index in [-0.39, 0.29) is 11.8 Å². The summed E-state index contributed by atoms with van der Waals surface area (Å²) in [7, 11) is 0. The lowest BCUT2D eigenvalue weighted by Crippen LogP contribution is -2.32. The summed E-state index contributed by atoms with van der Waals surface area (Å²) < 4.78 is 0. The lowest BCUT2D eigenvalue weighted by atomic mass is 10.1. The van der Waals surface area contributed by atoms with Gasteiger partial charge < -0.3 is 10.6 Å². The van der Waals surface area contributed by atoms with Gasteiger partial charge in [-0.1, -0.05) is 36.4 Å². The Kier molecular flexibility index (Phi) is 2.76. The molecule has 2 amide bonds. The van der Waals surface area contributed by atoms with Crippen molar-refractivity contribution in [1.29, 1.82) is 0 Å². The van der Waals surface area contributed by atoms with Crippen molar-refractivity contribution in [1.82, 2.24) is 5.32 Å². The largest absolute Gasteiger partial charge is 0.336 e. The van der Waals surface area contributed by atoms with Crippen molar-refractivity contribution in [2.75, 3.05) is 5.32 Å². The highest BCUT2D eigenvalue weighted by molar-refractivity contribution is 6.06. The summed E-state index contributed by atoms with van der Waals surface area (Å²) in [5, 5.41) is 5.50. The molecule has 1 heterocycles. The van der Waals surface area contributed by atoms with Crippen LogP contribution in [0.15, 0.2) is 54.6 Å². The molecule has 2 aromatic carbocycles. The standard InChI is InChI=1S/C15H12N2O2/c18-14(10-6-2-1-3-7-10)17-13-11-8-4-5-9-12(11)16-15(13)19/h1-9,13H,(H,16,19)(H,17,18). The minimum Gasteiger partial charge on any atom is -0.336 e. The van der Waals surface area contributed by atoms with Crippen LogP contribution in [0.2, 0.25) is 0 Å². The molecule has 94 valence electrons. The maximum absolute atomic E-state index is 12.1. The summed E-state index contributed by atoms with van der Waals surface area (Å²) in [6.07, 6.45) is 0. The average molecular weight is 252 g/mol. The third-order valence-electron chi connectivity index (χ3n) is 3.10. The Labute approximate surface area is 110 Å². The van der Waals surface area contributed by atoms with E-state index in [1.807, 2.05) is 30.3 Å². The van der Waals surface area contributed by atoms with E-state index in [1.165, 1.54) is 0 Å². The minimum absolute atomic E-state index is 0.203. The molecule has 0 aliphatic carbocycles. The summed E-state index contributed by atoms with van der Waals surface area (Å²) in [5.41, 5.74) is 2.10. The molecule has 3 rings (SSSR count). The van der Waals surface area contributed by atoms with Gasteiger partial charge in [0.25, 0.3) is 11.8 Å². The van der Waals surface area contributed by atoms with E-state index in [9.17, 15) is 9.59 Å². The lowest BCUT2D eigenvalue weighted by Gasteiger charge is -2.11. The average Bonchev–Trinajstić information content (AvgIpc) is 2.76. The van der Waals surface area contributed by atoms with Crippen molar-refractivity contribution >= 4 is 17.5 Å². The maximum Gasteiger partial charge on any atom is 0.252 e. The third kappa shape index (κ3) is 2.08. The van der Waals surface area contributed by atoms with Gasteiger partial charge in [-0.15, -0.1) is 0 Å². The van der Waals surface area contributed by atoms with Crippen molar-refractivity contribution in [3.8, 4) is 0 Å². The zero-order valence-corrected chi connectivity index (χ0v) is 10.1. The maximum atomic E-state index is 12.1. The SMILES string of the molecule is O=C(NC1C(=O)Nc2ccccc21)c1ccccc1. The molecule has 0 spiro atoms. The molecule has 2 N–H and O–H groups in total. The summed E-state index contributed by atoms with van der Waals surface area (Å²) in [6.45, 7) is 0. The van der Waals surface area contributed by atoms with Crippen molar-refractivity contribution < 1.29 is 9.59 Å². The molecule has 0 saturated carbocycles. The van der Waals surface area contributed by atoms with Crippen LogP contribution in [0.25, 0.3) is 0 Å². The second-order valence-corrected chi connectivity index (χ2v) is 4.35. The molecule has 4 heteroatoms. The monoisotopic (exact) mass is 252 g/mol. The van der Waals surface area contributed by atoms with Crippen molar-refractivity contribution in [2.45, 2.75) is 6.04 Å². The second-order valence-electron chi connectivity index (χ2n) is 4.35. The molecule has 1 atom stereocenters. The molecule has 1 aliphatic rings. The first-order valence-electron chi connectivity index (χ1n) is 6.01.